The smallest absolute Gasteiger partial charge is 0.338 e. The maximum atomic E-state index is 12.1. The molecule has 2 aliphatic rings. The van der Waals surface area contributed by atoms with Gasteiger partial charge < -0.3 is 9.47 Å². The van der Waals surface area contributed by atoms with Crippen molar-refractivity contribution in [2.24, 2.45) is 20.5 Å². The Morgan fingerprint density at radius 1 is 0.690 bits per heavy atom. The number of esters is 2. The SMILES string of the molecule is CC1(c2ccc(C(=O)OCCCOC(=O)c3ccc(C4(C)N=N4)cc3)cc2)N=N1. The highest BCUT2D eigenvalue weighted by molar-refractivity contribution is 5.90. The Morgan fingerprint density at radius 2 is 1.03 bits per heavy atom. The maximum absolute atomic E-state index is 12.1. The Bertz CT molecular complexity index is 903. The molecule has 2 aromatic rings. The van der Waals surface area contributed by atoms with Gasteiger partial charge in [0.15, 0.2) is 0 Å². The van der Waals surface area contributed by atoms with E-state index >= 15 is 0 Å². The average molecular weight is 392 g/mol. The van der Waals surface area contributed by atoms with Crippen LogP contribution in [0.5, 0.6) is 0 Å². The van der Waals surface area contributed by atoms with Crippen LogP contribution in [0, 0.1) is 0 Å². The third kappa shape index (κ3) is 4.21. The van der Waals surface area contributed by atoms with E-state index in [2.05, 4.69) is 20.5 Å². The van der Waals surface area contributed by atoms with Crippen molar-refractivity contribution in [3.8, 4) is 0 Å². The van der Waals surface area contributed by atoms with Crippen LogP contribution in [-0.4, -0.2) is 25.2 Å². The summed E-state index contributed by atoms with van der Waals surface area (Å²) in [6.07, 6.45) is 0.416. The zero-order valence-electron chi connectivity index (χ0n) is 16.2. The summed E-state index contributed by atoms with van der Waals surface area (Å²) in [5.74, 6) is -0.838. The van der Waals surface area contributed by atoms with Crippen LogP contribution in [0.2, 0.25) is 0 Å². The van der Waals surface area contributed by atoms with E-state index in [1.54, 1.807) is 24.3 Å². The van der Waals surface area contributed by atoms with Crippen molar-refractivity contribution in [1.29, 1.82) is 0 Å². The van der Waals surface area contributed by atoms with Crippen molar-refractivity contribution in [1.82, 2.24) is 0 Å². The van der Waals surface area contributed by atoms with Gasteiger partial charge in [-0.05, 0) is 38.1 Å². The molecule has 0 unspecified atom stereocenters. The maximum Gasteiger partial charge on any atom is 0.338 e. The van der Waals surface area contributed by atoms with Crippen molar-refractivity contribution in [2.75, 3.05) is 13.2 Å². The van der Waals surface area contributed by atoms with Gasteiger partial charge in [0.05, 0.1) is 24.3 Å². The van der Waals surface area contributed by atoms with Gasteiger partial charge in [0.1, 0.15) is 0 Å². The Morgan fingerprint density at radius 3 is 1.34 bits per heavy atom. The predicted octanol–water partition coefficient (Wildman–Crippen LogP) is 4.37. The molecule has 0 aromatic heterocycles. The quantitative estimate of drug-likeness (QED) is 0.492. The lowest BCUT2D eigenvalue weighted by Crippen LogP contribution is -2.12. The van der Waals surface area contributed by atoms with Gasteiger partial charge in [-0.25, -0.2) is 9.59 Å². The zero-order chi connectivity index (χ0) is 20.5. The first-order valence-corrected chi connectivity index (χ1v) is 9.33. The van der Waals surface area contributed by atoms with Crippen LogP contribution in [0.3, 0.4) is 0 Å². The first-order valence-electron chi connectivity index (χ1n) is 9.33. The summed E-state index contributed by atoms with van der Waals surface area (Å²) in [4.78, 5) is 24.1. The number of ether oxygens (including phenoxy) is 2. The van der Waals surface area contributed by atoms with Crippen LogP contribution in [0.1, 0.15) is 52.1 Å². The van der Waals surface area contributed by atoms with Crippen molar-refractivity contribution in [3.63, 3.8) is 0 Å². The zero-order valence-corrected chi connectivity index (χ0v) is 16.2. The fourth-order valence-electron chi connectivity index (χ4n) is 2.78. The number of rotatable bonds is 8. The second kappa shape index (κ2) is 7.20. The molecule has 8 nitrogen and oxygen atoms in total. The molecule has 4 rings (SSSR count). The molecule has 0 spiro atoms. The van der Waals surface area contributed by atoms with E-state index in [-0.39, 0.29) is 13.2 Å². The minimum Gasteiger partial charge on any atom is -0.462 e. The number of carbonyl (C=O) groups excluding carboxylic acids is 2. The van der Waals surface area contributed by atoms with Gasteiger partial charge >= 0.3 is 11.9 Å². The van der Waals surface area contributed by atoms with Crippen molar-refractivity contribution >= 4 is 11.9 Å². The van der Waals surface area contributed by atoms with Crippen LogP contribution in [0.4, 0.5) is 0 Å². The van der Waals surface area contributed by atoms with Gasteiger partial charge in [0.25, 0.3) is 0 Å². The second-order valence-corrected chi connectivity index (χ2v) is 7.22. The molecule has 0 N–H and O–H groups in total. The molecule has 2 aliphatic heterocycles. The standard InChI is InChI=1S/C21H20N4O4/c1-20(22-23-20)16-8-4-14(5-9-16)18(26)28-12-3-13-29-19(27)15-6-10-17(11-7-15)21(2)24-25-21/h4-11H,3,12-13H2,1-2H3. The van der Waals surface area contributed by atoms with Gasteiger partial charge in [-0.15, -0.1) is 0 Å². The van der Waals surface area contributed by atoms with Gasteiger partial charge in [-0.2, -0.15) is 20.5 Å². The molecule has 0 atom stereocenters. The third-order valence-electron chi connectivity index (χ3n) is 4.89. The predicted molar refractivity (Wildman–Crippen MR) is 102 cm³/mol. The van der Waals surface area contributed by atoms with Gasteiger partial charge in [0.2, 0.25) is 11.3 Å². The summed E-state index contributed by atoms with van der Waals surface area (Å²) in [6.45, 7) is 4.12. The molecule has 0 aliphatic carbocycles. The molecule has 0 fully saturated rings. The Labute approximate surface area is 167 Å². The Balaban J connectivity index is 1.16. The number of hydrogen-bond donors (Lipinski definition) is 0. The minimum absolute atomic E-state index is 0.163. The normalized spacial score (nSPS) is 16.9. The molecular weight excluding hydrogens is 372 g/mol. The average Bonchev–Trinajstić information content (AvgIpc) is 3.67. The summed E-state index contributed by atoms with van der Waals surface area (Å²) >= 11 is 0. The fraction of sp³-hybridized carbons (Fsp3) is 0.333. The summed E-state index contributed by atoms with van der Waals surface area (Å²) in [6, 6.07) is 14.0. The monoisotopic (exact) mass is 392 g/mol. The molecule has 0 bridgehead atoms. The highest BCUT2D eigenvalue weighted by Crippen LogP contribution is 2.39. The van der Waals surface area contributed by atoms with Crippen molar-refractivity contribution < 1.29 is 19.1 Å². The lowest BCUT2D eigenvalue weighted by Gasteiger charge is -2.08. The van der Waals surface area contributed by atoms with E-state index in [0.29, 0.717) is 17.5 Å². The molecule has 0 saturated carbocycles. The van der Waals surface area contributed by atoms with Gasteiger partial charge in [-0.3, -0.25) is 0 Å². The lowest BCUT2D eigenvalue weighted by molar-refractivity contribution is 0.0396. The van der Waals surface area contributed by atoms with E-state index in [1.165, 1.54) is 0 Å². The largest absolute Gasteiger partial charge is 0.462 e. The highest BCUT2D eigenvalue weighted by atomic mass is 16.5. The highest BCUT2D eigenvalue weighted by Gasteiger charge is 2.36. The molecule has 0 amide bonds. The van der Waals surface area contributed by atoms with Crippen LogP contribution in [0.25, 0.3) is 0 Å². The molecule has 2 aromatic carbocycles. The van der Waals surface area contributed by atoms with Crippen LogP contribution >= 0.6 is 0 Å². The van der Waals surface area contributed by atoms with E-state index in [9.17, 15) is 9.59 Å². The van der Waals surface area contributed by atoms with Crippen molar-refractivity contribution in [2.45, 2.75) is 31.6 Å². The van der Waals surface area contributed by atoms with Crippen LogP contribution < -0.4 is 0 Å². The fourth-order valence-corrected chi connectivity index (χ4v) is 2.78. The second-order valence-electron chi connectivity index (χ2n) is 7.22. The molecular formula is C21H20N4O4. The number of hydrogen-bond acceptors (Lipinski definition) is 8. The molecule has 148 valence electrons. The molecule has 29 heavy (non-hydrogen) atoms. The summed E-state index contributed by atoms with van der Waals surface area (Å²) in [5, 5.41) is 15.8. The van der Waals surface area contributed by atoms with Gasteiger partial charge in [0, 0.05) is 17.5 Å². The number of carbonyl (C=O) groups is 2. The summed E-state index contributed by atoms with van der Waals surface area (Å²) in [5.41, 5.74) is 1.85. The van der Waals surface area contributed by atoms with Crippen LogP contribution in [-0.2, 0) is 20.8 Å². The topological polar surface area (TPSA) is 102 Å². The summed E-state index contributed by atoms with van der Waals surface area (Å²) in [7, 11) is 0. The Kier molecular flexibility index (Phi) is 4.70. The third-order valence-corrected chi connectivity index (χ3v) is 4.89. The van der Waals surface area contributed by atoms with E-state index in [0.717, 1.165) is 11.1 Å². The van der Waals surface area contributed by atoms with Crippen LogP contribution in [0.15, 0.2) is 69.0 Å². The Hall–Kier alpha value is -3.42. The lowest BCUT2D eigenvalue weighted by atomic mass is 10.0. The van der Waals surface area contributed by atoms with Gasteiger partial charge in [-0.1, -0.05) is 24.3 Å². The summed E-state index contributed by atoms with van der Waals surface area (Å²) < 4.78 is 10.4. The molecule has 8 heteroatoms. The van der Waals surface area contributed by atoms with E-state index in [1.807, 2.05) is 38.1 Å². The van der Waals surface area contributed by atoms with Crippen molar-refractivity contribution in [3.05, 3.63) is 70.8 Å². The first kappa shape index (κ1) is 18.9. The molecule has 2 heterocycles. The molecule has 0 radical (unpaired) electrons. The van der Waals surface area contributed by atoms with E-state index in [4.69, 9.17) is 9.47 Å². The first-order chi connectivity index (χ1) is 13.9. The number of benzene rings is 2. The van der Waals surface area contributed by atoms with E-state index < -0.39 is 23.3 Å². The number of nitrogens with zero attached hydrogens (tertiary/aromatic N) is 4. The minimum atomic E-state index is -0.465. The molecule has 0 saturated heterocycles.